The van der Waals surface area contributed by atoms with E-state index in [1.165, 1.54) is 83.3 Å². The highest BCUT2D eigenvalue weighted by Crippen LogP contribution is 2.10. The summed E-state index contributed by atoms with van der Waals surface area (Å²) in [5, 5.41) is 0. The van der Waals surface area contributed by atoms with E-state index in [0.717, 1.165) is 12.8 Å². The molecule has 0 N–H and O–H groups in total. The maximum atomic E-state index is 11.5. The maximum absolute atomic E-state index is 11.5. The van der Waals surface area contributed by atoms with Crippen LogP contribution < -0.4 is 0 Å². The molecule has 0 bridgehead atoms. The van der Waals surface area contributed by atoms with Crippen LogP contribution in [-0.4, -0.2) is 12.6 Å². The Balaban J connectivity index is 1.76. The van der Waals surface area contributed by atoms with Gasteiger partial charge in [0, 0.05) is 0 Å². The molecule has 0 fully saturated rings. The first-order valence-electron chi connectivity index (χ1n) is 10.7. The molecule has 0 spiro atoms. The van der Waals surface area contributed by atoms with Crippen molar-refractivity contribution in [3.8, 4) is 0 Å². The first-order chi connectivity index (χ1) is 12.8. The fourth-order valence-electron chi connectivity index (χ4n) is 2.98. The van der Waals surface area contributed by atoms with Crippen molar-refractivity contribution in [3.63, 3.8) is 0 Å². The average Bonchev–Trinajstić information content (AvgIpc) is 3.19. The molecule has 148 valence electrons. The molecule has 0 saturated carbocycles. The largest absolute Gasteiger partial charge is 0.460 e. The van der Waals surface area contributed by atoms with Gasteiger partial charge in [-0.3, -0.25) is 0 Å². The molecule has 0 aromatic carbocycles. The Morgan fingerprint density at radius 2 is 1.46 bits per heavy atom. The van der Waals surface area contributed by atoms with Crippen molar-refractivity contribution < 1.29 is 13.9 Å². The monoisotopic (exact) mass is 362 g/mol. The van der Waals surface area contributed by atoms with Gasteiger partial charge < -0.3 is 9.15 Å². The Bertz CT molecular complexity index is 448. The van der Waals surface area contributed by atoms with E-state index in [4.69, 9.17) is 9.15 Å². The van der Waals surface area contributed by atoms with Crippen molar-refractivity contribution in [2.45, 2.75) is 96.8 Å². The number of furan rings is 1. The molecule has 0 atom stereocenters. The number of hydrogen-bond donors (Lipinski definition) is 0. The third kappa shape index (κ3) is 12.8. The van der Waals surface area contributed by atoms with E-state index in [0.29, 0.717) is 6.61 Å². The van der Waals surface area contributed by atoms with Gasteiger partial charge in [-0.2, -0.15) is 0 Å². The molecular formula is C23H38O3. The van der Waals surface area contributed by atoms with Crippen molar-refractivity contribution in [2.75, 3.05) is 6.61 Å². The number of carbonyl (C=O) groups is 1. The lowest BCUT2D eigenvalue weighted by molar-refractivity contribution is 0.0461. The zero-order valence-corrected chi connectivity index (χ0v) is 16.7. The van der Waals surface area contributed by atoms with Crippen molar-refractivity contribution in [1.29, 1.82) is 0 Å². The Kier molecular flexibility index (Phi) is 14.7. The predicted molar refractivity (Wildman–Crippen MR) is 108 cm³/mol. The van der Waals surface area contributed by atoms with Gasteiger partial charge in [0.15, 0.2) is 0 Å². The zero-order valence-electron chi connectivity index (χ0n) is 16.7. The molecule has 0 aliphatic rings. The van der Waals surface area contributed by atoms with E-state index in [1.807, 2.05) is 0 Å². The summed E-state index contributed by atoms with van der Waals surface area (Å²) in [5.74, 6) is -0.0719. The summed E-state index contributed by atoms with van der Waals surface area (Å²) in [6.45, 7) is 2.75. The smallest absolute Gasteiger partial charge is 0.374 e. The quantitative estimate of drug-likeness (QED) is 0.164. The number of unbranched alkanes of at least 4 members (excludes halogenated alkanes) is 12. The fourth-order valence-corrected chi connectivity index (χ4v) is 2.98. The van der Waals surface area contributed by atoms with Crippen LogP contribution in [0.5, 0.6) is 0 Å². The van der Waals surface area contributed by atoms with Crippen LogP contribution in [0.25, 0.3) is 0 Å². The standard InChI is InChI=1S/C23H38O3/c1-2-3-4-5-6-7-8-9-10-11-12-13-14-15-16-17-20-26-23(24)22-19-18-21-25-22/h9-10,18-19,21H,2-8,11-17,20H2,1H3/b10-9+. The SMILES string of the molecule is CCCCCCCC/C=C/CCCCCCCCOC(=O)c1ccco1. The minimum absolute atomic E-state index is 0.287. The summed E-state index contributed by atoms with van der Waals surface area (Å²) in [5.41, 5.74) is 0. The fraction of sp³-hybridized carbons (Fsp3) is 0.696. The van der Waals surface area contributed by atoms with Crippen LogP contribution in [0.3, 0.4) is 0 Å². The van der Waals surface area contributed by atoms with Gasteiger partial charge in [0.25, 0.3) is 0 Å². The van der Waals surface area contributed by atoms with Crippen molar-refractivity contribution in [2.24, 2.45) is 0 Å². The van der Waals surface area contributed by atoms with E-state index >= 15 is 0 Å². The normalized spacial score (nSPS) is 11.3. The average molecular weight is 363 g/mol. The summed E-state index contributed by atoms with van der Waals surface area (Å²) < 4.78 is 10.2. The van der Waals surface area contributed by atoms with Crippen LogP contribution in [0.2, 0.25) is 0 Å². The molecule has 1 aromatic rings. The summed E-state index contributed by atoms with van der Waals surface area (Å²) >= 11 is 0. The molecule has 0 unspecified atom stereocenters. The Morgan fingerprint density at radius 1 is 0.885 bits per heavy atom. The number of esters is 1. The topological polar surface area (TPSA) is 39.4 Å². The second-order valence-electron chi connectivity index (χ2n) is 7.05. The van der Waals surface area contributed by atoms with Gasteiger partial charge in [-0.15, -0.1) is 0 Å². The Morgan fingerprint density at radius 3 is 2.04 bits per heavy atom. The first kappa shape index (κ1) is 22.5. The van der Waals surface area contributed by atoms with Gasteiger partial charge in [0.1, 0.15) is 0 Å². The number of rotatable bonds is 17. The number of carbonyl (C=O) groups excluding carboxylic acids is 1. The first-order valence-corrected chi connectivity index (χ1v) is 10.7. The number of hydrogen-bond acceptors (Lipinski definition) is 3. The van der Waals surface area contributed by atoms with Gasteiger partial charge in [-0.1, -0.05) is 76.9 Å². The summed E-state index contributed by atoms with van der Waals surface area (Å²) in [7, 11) is 0. The van der Waals surface area contributed by atoms with E-state index in [1.54, 1.807) is 12.1 Å². The lowest BCUT2D eigenvalue weighted by Gasteiger charge is -2.03. The Labute approximate surface area is 160 Å². The lowest BCUT2D eigenvalue weighted by atomic mass is 10.1. The minimum atomic E-state index is -0.359. The maximum Gasteiger partial charge on any atom is 0.374 e. The second-order valence-corrected chi connectivity index (χ2v) is 7.05. The van der Waals surface area contributed by atoms with Crippen LogP contribution in [0.15, 0.2) is 35.0 Å². The highest BCUT2D eigenvalue weighted by molar-refractivity contribution is 5.86. The highest BCUT2D eigenvalue weighted by atomic mass is 16.5. The molecular weight excluding hydrogens is 324 g/mol. The number of ether oxygens (including phenoxy) is 1. The van der Waals surface area contributed by atoms with Crippen LogP contribution in [0.1, 0.15) is 107 Å². The van der Waals surface area contributed by atoms with E-state index in [-0.39, 0.29) is 11.7 Å². The van der Waals surface area contributed by atoms with Gasteiger partial charge in [0.05, 0.1) is 12.9 Å². The van der Waals surface area contributed by atoms with Crippen LogP contribution in [-0.2, 0) is 4.74 Å². The van der Waals surface area contributed by atoms with Crippen LogP contribution in [0, 0.1) is 0 Å². The molecule has 3 heteroatoms. The third-order valence-electron chi connectivity index (χ3n) is 4.61. The molecule has 1 rings (SSSR count). The molecule has 1 heterocycles. The summed E-state index contributed by atoms with van der Waals surface area (Å²) in [4.78, 5) is 11.5. The molecule has 0 amide bonds. The lowest BCUT2D eigenvalue weighted by Crippen LogP contribution is -2.05. The van der Waals surface area contributed by atoms with Crippen molar-refractivity contribution in [1.82, 2.24) is 0 Å². The highest BCUT2D eigenvalue weighted by Gasteiger charge is 2.08. The van der Waals surface area contributed by atoms with E-state index in [2.05, 4.69) is 19.1 Å². The van der Waals surface area contributed by atoms with Crippen molar-refractivity contribution in [3.05, 3.63) is 36.3 Å². The van der Waals surface area contributed by atoms with E-state index in [9.17, 15) is 4.79 Å². The van der Waals surface area contributed by atoms with Gasteiger partial charge in [-0.25, -0.2) is 4.79 Å². The van der Waals surface area contributed by atoms with E-state index < -0.39 is 0 Å². The Hall–Kier alpha value is -1.51. The molecule has 26 heavy (non-hydrogen) atoms. The van der Waals surface area contributed by atoms with Gasteiger partial charge in [0.2, 0.25) is 5.76 Å². The van der Waals surface area contributed by atoms with Gasteiger partial charge in [-0.05, 0) is 44.2 Å². The summed E-state index contributed by atoms with van der Waals surface area (Å²) in [6.07, 6.45) is 24.1. The van der Waals surface area contributed by atoms with Crippen LogP contribution in [0.4, 0.5) is 0 Å². The second kappa shape index (κ2) is 16.9. The third-order valence-corrected chi connectivity index (χ3v) is 4.61. The molecule has 0 aliphatic heterocycles. The molecule has 0 radical (unpaired) electrons. The minimum Gasteiger partial charge on any atom is -0.460 e. The molecule has 0 saturated heterocycles. The molecule has 1 aromatic heterocycles. The summed E-state index contributed by atoms with van der Waals surface area (Å²) in [6, 6.07) is 3.32. The van der Waals surface area contributed by atoms with Crippen molar-refractivity contribution >= 4 is 5.97 Å². The molecule has 3 nitrogen and oxygen atoms in total. The zero-order chi connectivity index (χ0) is 18.7. The molecule has 0 aliphatic carbocycles. The van der Waals surface area contributed by atoms with Crippen LogP contribution >= 0.6 is 0 Å². The number of allylic oxidation sites excluding steroid dienone is 2. The van der Waals surface area contributed by atoms with Gasteiger partial charge >= 0.3 is 5.97 Å². The predicted octanol–water partition coefficient (Wildman–Crippen LogP) is 7.47.